The molecule has 1 aliphatic heterocycles. The Morgan fingerprint density at radius 2 is 2.05 bits per heavy atom. The molecule has 6 nitrogen and oxygen atoms in total. The summed E-state index contributed by atoms with van der Waals surface area (Å²) in [7, 11) is 1.23. The van der Waals surface area contributed by atoms with Crippen LogP contribution in [-0.4, -0.2) is 42.5 Å². The van der Waals surface area contributed by atoms with E-state index in [4.69, 9.17) is 4.74 Å². The minimum atomic E-state index is -1.01. The molecule has 2 rings (SSSR count). The predicted molar refractivity (Wildman–Crippen MR) is 66.7 cm³/mol. The van der Waals surface area contributed by atoms with Crippen LogP contribution in [0.3, 0.4) is 0 Å². The quantitative estimate of drug-likeness (QED) is 0.807. The van der Waals surface area contributed by atoms with Gasteiger partial charge in [-0.15, -0.1) is 0 Å². The Kier molecular flexibility index (Phi) is 4.29. The zero-order valence-corrected chi connectivity index (χ0v) is 11.3. The fourth-order valence-corrected chi connectivity index (χ4v) is 2.84. The van der Waals surface area contributed by atoms with Gasteiger partial charge in [-0.1, -0.05) is 0 Å². The van der Waals surface area contributed by atoms with Crippen LogP contribution in [0.1, 0.15) is 32.6 Å². The highest BCUT2D eigenvalue weighted by Crippen LogP contribution is 2.41. The van der Waals surface area contributed by atoms with E-state index in [2.05, 4.69) is 10.1 Å². The fourth-order valence-electron chi connectivity index (χ4n) is 2.84. The monoisotopic (exact) mass is 271 g/mol. The lowest BCUT2D eigenvalue weighted by molar-refractivity contribution is -0.144. The molecule has 1 amide bonds. The summed E-state index contributed by atoms with van der Waals surface area (Å²) >= 11 is 0. The molecule has 1 saturated heterocycles. The number of alkyl carbamates (subject to hydrolysis) is 1. The summed E-state index contributed by atoms with van der Waals surface area (Å²) in [5, 5.41) is 11.7. The van der Waals surface area contributed by atoms with Crippen LogP contribution in [0.25, 0.3) is 0 Å². The smallest absolute Gasteiger partial charge is 0.407 e. The van der Waals surface area contributed by atoms with Gasteiger partial charge in [-0.3, -0.25) is 0 Å². The lowest BCUT2D eigenvalue weighted by Crippen LogP contribution is -2.50. The van der Waals surface area contributed by atoms with Crippen LogP contribution in [0.2, 0.25) is 0 Å². The maximum atomic E-state index is 11.3. The number of carbonyl (C=O) groups is 2. The van der Waals surface area contributed by atoms with Crippen LogP contribution in [0.5, 0.6) is 0 Å². The van der Waals surface area contributed by atoms with Gasteiger partial charge in [0.1, 0.15) is 6.04 Å². The Bertz CT molecular complexity index is 355. The van der Waals surface area contributed by atoms with Crippen LogP contribution in [0.15, 0.2) is 0 Å². The third kappa shape index (κ3) is 3.59. The van der Waals surface area contributed by atoms with E-state index in [1.807, 2.05) is 6.92 Å². The lowest BCUT2D eigenvalue weighted by atomic mass is 9.84. The number of rotatable bonds is 4. The Balaban J connectivity index is 2.02. The summed E-state index contributed by atoms with van der Waals surface area (Å²) in [5.74, 6) is -0.553. The first-order chi connectivity index (χ1) is 9.01. The van der Waals surface area contributed by atoms with E-state index in [1.54, 1.807) is 0 Å². The average Bonchev–Trinajstić information content (AvgIpc) is 3.18. The van der Waals surface area contributed by atoms with E-state index in [-0.39, 0.29) is 18.1 Å². The molecule has 108 valence electrons. The average molecular weight is 271 g/mol. The van der Waals surface area contributed by atoms with E-state index in [0.717, 1.165) is 12.8 Å². The second-order valence-corrected chi connectivity index (χ2v) is 5.51. The molecule has 1 saturated carbocycles. The number of ether oxygens (including phenoxy) is 2. The molecule has 0 bridgehead atoms. The summed E-state index contributed by atoms with van der Waals surface area (Å²) in [4.78, 5) is 22.6. The van der Waals surface area contributed by atoms with Crippen molar-refractivity contribution in [3.63, 3.8) is 0 Å². The van der Waals surface area contributed by atoms with Gasteiger partial charge >= 0.3 is 12.1 Å². The van der Waals surface area contributed by atoms with E-state index in [1.165, 1.54) is 7.11 Å². The first kappa shape index (κ1) is 14.1. The number of carbonyl (C=O) groups excluding carboxylic acids is 1. The Morgan fingerprint density at radius 1 is 1.37 bits per heavy atom. The van der Waals surface area contributed by atoms with Crippen LogP contribution >= 0.6 is 0 Å². The van der Waals surface area contributed by atoms with Gasteiger partial charge in [0.15, 0.2) is 0 Å². The van der Waals surface area contributed by atoms with Crippen molar-refractivity contribution in [2.45, 2.75) is 50.9 Å². The van der Waals surface area contributed by atoms with Crippen LogP contribution in [0, 0.1) is 11.8 Å². The van der Waals surface area contributed by atoms with Crippen molar-refractivity contribution >= 4 is 12.1 Å². The van der Waals surface area contributed by atoms with Gasteiger partial charge in [0.2, 0.25) is 0 Å². The molecular weight excluding hydrogens is 250 g/mol. The van der Waals surface area contributed by atoms with Gasteiger partial charge in [0.05, 0.1) is 19.3 Å². The molecule has 0 aromatic carbocycles. The van der Waals surface area contributed by atoms with E-state index < -0.39 is 18.1 Å². The molecule has 1 aliphatic carbocycles. The summed E-state index contributed by atoms with van der Waals surface area (Å²) < 4.78 is 10.4. The summed E-state index contributed by atoms with van der Waals surface area (Å²) in [6, 6.07) is -0.903. The van der Waals surface area contributed by atoms with E-state index >= 15 is 0 Å². The van der Waals surface area contributed by atoms with Gasteiger partial charge in [-0.2, -0.15) is 0 Å². The third-order valence-corrected chi connectivity index (χ3v) is 3.92. The summed E-state index contributed by atoms with van der Waals surface area (Å²) in [5.41, 5.74) is 0. The first-order valence-corrected chi connectivity index (χ1v) is 6.74. The van der Waals surface area contributed by atoms with Crippen LogP contribution in [-0.2, 0) is 14.3 Å². The molecule has 1 unspecified atom stereocenters. The number of carboxylic acid groups (broad SMARTS) is 1. The highest BCUT2D eigenvalue weighted by atomic mass is 16.5. The standard InChI is InChI=1S/C13H21NO5/c1-7-5-9(6-10(19-7)8-3-4-8)11(12(15)16)14-13(17)18-2/h7-11H,3-6H2,1-2H3,(H,14,17)(H,15,16)/t7-,9+,10+,11?/m1/s1. The second kappa shape index (κ2) is 5.77. The Hall–Kier alpha value is -1.30. The van der Waals surface area contributed by atoms with Gasteiger partial charge < -0.3 is 19.9 Å². The van der Waals surface area contributed by atoms with Gasteiger partial charge in [0, 0.05) is 0 Å². The summed E-state index contributed by atoms with van der Waals surface area (Å²) in [6.07, 6.45) is 3.12. The van der Waals surface area contributed by atoms with Crippen molar-refractivity contribution in [3.8, 4) is 0 Å². The number of aliphatic carboxylic acids is 1. The molecule has 0 aromatic rings. The molecule has 0 aromatic heterocycles. The third-order valence-electron chi connectivity index (χ3n) is 3.92. The molecule has 2 aliphatic rings. The highest BCUT2D eigenvalue weighted by molar-refractivity contribution is 5.80. The van der Waals surface area contributed by atoms with E-state index in [0.29, 0.717) is 18.8 Å². The normalized spacial score (nSPS) is 32.4. The van der Waals surface area contributed by atoms with Crippen molar-refractivity contribution < 1.29 is 24.2 Å². The molecule has 1 heterocycles. The molecule has 2 fully saturated rings. The minimum absolute atomic E-state index is 0.0330. The van der Waals surface area contributed by atoms with Gasteiger partial charge in [-0.05, 0) is 44.4 Å². The molecule has 2 N–H and O–H groups in total. The van der Waals surface area contributed by atoms with Crippen molar-refractivity contribution in [2.75, 3.05) is 7.11 Å². The minimum Gasteiger partial charge on any atom is -0.480 e. The molecule has 0 radical (unpaired) electrons. The van der Waals surface area contributed by atoms with Crippen molar-refractivity contribution in [1.29, 1.82) is 0 Å². The second-order valence-electron chi connectivity index (χ2n) is 5.51. The zero-order chi connectivity index (χ0) is 14.0. The number of hydrogen-bond acceptors (Lipinski definition) is 4. The number of carboxylic acids is 1. The van der Waals surface area contributed by atoms with Crippen LogP contribution in [0.4, 0.5) is 4.79 Å². The van der Waals surface area contributed by atoms with Crippen LogP contribution < -0.4 is 5.32 Å². The van der Waals surface area contributed by atoms with Crippen molar-refractivity contribution in [1.82, 2.24) is 5.32 Å². The van der Waals surface area contributed by atoms with E-state index in [9.17, 15) is 14.7 Å². The molecule has 19 heavy (non-hydrogen) atoms. The largest absolute Gasteiger partial charge is 0.480 e. The Labute approximate surface area is 112 Å². The summed E-state index contributed by atoms with van der Waals surface area (Å²) in [6.45, 7) is 1.96. The molecule has 4 atom stereocenters. The van der Waals surface area contributed by atoms with Gasteiger partial charge in [-0.25, -0.2) is 9.59 Å². The number of methoxy groups -OCH3 is 1. The highest BCUT2D eigenvalue weighted by Gasteiger charge is 2.42. The van der Waals surface area contributed by atoms with Crippen molar-refractivity contribution in [2.24, 2.45) is 11.8 Å². The Morgan fingerprint density at radius 3 is 2.58 bits per heavy atom. The number of amides is 1. The lowest BCUT2D eigenvalue weighted by Gasteiger charge is -2.36. The maximum Gasteiger partial charge on any atom is 0.407 e. The van der Waals surface area contributed by atoms with Gasteiger partial charge in [0.25, 0.3) is 0 Å². The fraction of sp³-hybridized carbons (Fsp3) is 0.846. The topological polar surface area (TPSA) is 84.9 Å². The zero-order valence-electron chi connectivity index (χ0n) is 11.3. The van der Waals surface area contributed by atoms with Crippen molar-refractivity contribution in [3.05, 3.63) is 0 Å². The maximum absolute atomic E-state index is 11.3. The predicted octanol–water partition coefficient (Wildman–Crippen LogP) is 1.39. The number of hydrogen-bond donors (Lipinski definition) is 2. The SMILES string of the molecule is COC(=O)NC(C(=O)O)[C@H]1C[C@@H](C)O[C@H](C2CC2)C1. The molecular formula is C13H21NO5. The molecule has 0 spiro atoms. The molecule has 6 heteroatoms. The number of nitrogens with one attached hydrogen (secondary N) is 1. The first-order valence-electron chi connectivity index (χ1n) is 6.74.